The third-order valence-electron chi connectivity index (χ3n) is 1.64. The Morgan fingerprint density at radius 2 is 2.33 bits per heavy atom. The Labute approximate surface area is 69.7 Å². The summed E-state index contributed by atoms with van der Waals surface area (Å²) in [5.74, 6) is -1.36. The summed E-state index contributed by atoms with van der Waals surface area (Å²) in [4.78, 5) is 21.1. The maximum Gasteiger partial charge on any atom is 0.322 e. The summed E-state index contributed by atoms with van der Waals surface area (Å²) in [7, 11) is 0. The van der Waals surface area contributed by atoms with Crippen LogP contribution in [-0.4, -0.2) is 36.2 Å². The lowest BCUT2D eigenvalue weighted by Gasteiger charge is -2.07. The molecular weight excluding hydrogens is 162 g/mol. The number of carbonyl (C=O) groups is 2. The summed E-state index contributed by atoms with van der Waals surface area (Å²) < 4.78 is 5.04. The second-order valence-electron chi connectivity index (χ2n) is 2.61. The first kappa shape index (κ1) is 8.99. The van der Waals surface area contributed by atoms with E-state index in [4.69, 9.17) is 9.84 Å². The monoisotopic (exact) mass is 173 g/mol. The molecule has 0 aromatic rings. The highest BCUT2D eigenvalue weighted by Crippen LogP contribution is 2.11. The number of aliphatic carboxylic acids is 1. The lowest BCUT2D eigenvalue weighted by molar-refractivity contribution is -0.139. The van der Waals surface area contributed by atoms with Crippen molar-refractivity contribution in [3.05, 3.63) is 0 Å². The predicted octanol–water partition coefficient (Wildman–Crippen LogP) is -0.634. The third kappa shape index (κ3) is 2.50. The number of amides is 1. The van der Waals surface area contributed by atoms with Gasteiger partial charge in [0.15, 0.2) is 0 Å². The van der Waals surface area contributed by atoms with Gasteiger partial charge in [-0.1, -0.05) is 0 Å². The summed E-state index contributed by atoms with van der Waals surface area (Å²) >= 11 is 0. The molecule has 5 nitrogen and oxygen atoms in total. The molecule has 1 aliphatic rings. The first-order chi connectivity index (χ1) is 5.70. The number of rotatable bonds is 3. The van der Waals surface area contributed by atoms with Crippen LogP contribution in [0.4, 0.5) is 0 Å². The average Bonchev–Trinajstić information content (AvgIpc) is 2.51. The van der Waals surface area contributed by atoms with Gasteiger partial charge in [0.05, 0.1) is 0 Å². The molecule has 12 heavy (non-hydrogen) atoms. The highest BCUT2D eigenvalue weighted by Gasteiger charge is 2.23. The fourth-order valence-electron chi connectivity index (χ4n) is 1.06. The lowest BCUT2D eigenvalue weighted by Crippen LogP contribution is -2.37. The van der Waals surface area contributed by atoms with E-state index in [1.807, 2.05) is 0 Å². The maximum atomic E-state index is 11.1. The third-order valence-corrected chi connectivity index (χ3v) is 1.64. The maximum absolute atomic E-state index is 11.1. The molecule has 1 unspecified atom stereocenters. The van der Waals surface area contributed by atoms with E-state index in [1.165, 1.54) is 0 Å². The van der Waals surface area contributed by atoms with E-state index in [-0.39, 0.29) is 12.5 Å². The van der Waals surface area contributed by atoms with Gasteiger partial charge in [0.25, 0.3) is 0 Å². The first-order valence-corrected chi connectivity index (χ1v) is 3.81. The molecule has 1 amide bonds. The van der Waals surface area contributed by atoms with Crippen molar-refractivity contribution in [1.82, 2.24) is 5.32 Å². The van der Waals surface area contributed by atoms with Crippen LogP contribution < -0.4 is 5.32 Å². The van der Waals surface area contributed by atoms with Gasteiger partial charge in [-0.05, 0) is 12.8 Å². The SMILES string of the molecule is O=C(O)CNC(=O)C1CCCO1. The number of ether oxygens (including phenoxy) is 1. The van der Waals surface area contributed by atoms with E-state index in [2.05, 4.69) is 5.32 Å². The Bertz CT molecular complexity index is 186. The van der Waals surface area contributed by atoms with Gasteiger partial charge in [-0.25, -0.2) is 0 Å². The van der Waals surface area contributed by atoms with Gasteiger partial charge >= 0.3 is 5.97 Å². The van der Waals surface area contributed by atoms with Crippen molar-refractivity contribution < 1.29 is 19.4 Å². The Balaban J connectivity index is 2.23. The van der Waals surface area contributed by atoms with Gasteiger partial charge in [-0.15, -0.1) is 0 Å². The predicted molar refractivity (Wildman–Crippen MR) is 39.6 cm³/mol. The van der Waals surface area contributed by atoms with Crippen molar-refractivity contribution >= 4 is 11.9 Å². The topological polar surface area (TPSA) is 75.6 Å². The zero-order chi connectivity index (χ0) is 8.97. The molecule has 1 saturated heterocycles. The van der Waals surface area contributed by atoms with E-state index in [0.29, 0.717) is 13.0 Å². The Kier molecular flexibility index (Phi) is 3.04. The smallest absolute Gasteiger partial charge is 0.322 e. The molecule has 1 atom stereocenters. The molecule has 0 spiro atoms. The molecule has 1 rings (SSSR count). The van der Waals surface area contributed by atoms with E-state index in [1.54, 1.807) is 0 Å². The second kappa shape index (κ2) is 4.06. The molecule has 0 aliphatic carbocycles. The number of carboxylic acids is 1. The molecule has 0 saturated carbocycles. The molecule has 1 heterocycles. The molecule has 1 aliphatic heterocycles. The van der Waals surface area contributed by atoms with Crippen LogP contribution in [0, 0.1) is 0 Å². The van der Waals surface area contributed by atoms with E-state index < -0.39 is 12.1 Å². The number of hydrogen-bond donors (Lipinski definition) is 2. The molecule has 0 aromatic carbocycles. The van der Waals surface area contributed by atoms with Crippen molar-refractivity contribution in [1.29, 1.82) is 0 Å². The molecule has 5 heteroatoms. The summed E-state index contributed by atoms with van der Waals surface area (Å²) in [6, 6.07) is 0. The van der Waals surface area contributed by atoms with Crippen LogP contribution in [0.25, 0.3) is 0 Å². The van der Waals surface area contributed by atoms with Crippen molar-refractivity contribution in [3.8, 4) is 0 Å². The van der Waals surface area contributed by atoms with E-state index >= 15 is 0 Å². The standard InChI is InChI=1S/C7H11NO4/c9-6(10)4-8-7(11)5-2-1-3-12-5/h5H,1-4H2,(H,8,11)(H,9,10). The van der Waals surface area contributed by atoms with Gasteiger partial charge < -0.3 is 15.2 Å². The number of nitrogens with one attached hydrogen (secondary N) is 1. The molecule has 0 radical (unpaired) electrons. The number of carbonyl (C=O) groups excluding carboxylic acids is 1. The van der Waals surface area contributed by atoms with Crippen LogP contribution >= 0.6 is 0 Å². The van der Waals surface area contributed by atoms with Crippen molar-refractivity contribution in [2.45, 2.75) is 18.9 Å². The Hall–Kier alpha value is -1.10. The van der Waals surface area contributed by atoms with Crippen molar-refractivity contribution in [2.75, 3.05) is 13.2 Å². The van der Waals surface area contributed by atoms with Crippen LogP contribution in [0.1, 0.15) is 12.8 Å². The Morgan fingerprint density at radius 3 is 2.83 bits per heavy atom. The molecule has 68 valence electrons. The lowest BCUT2D eigenvalue weighted by atomic mass is 10.2. The largest absolute Gasteiger partial charge is 0.480 e. The van der Waals surface area contributed by atoms with Gasteiger partial charge in [-0.2, -0.15) is 0 Å². The van der Waals surface area contributed by atoms with E-state index in [0.717, 1.165) is 6.42 Å². The van der Waals surface area contributed by atoms with Crippen LogP contribution in [0.5, 0.6) is 0 Å². The van der Waals surface area contributed by atoms with Crippen molar-refractivity contribution in [3.63, 3.8) is 0 Å². The second-order valence-corrected chi connectivity index (χ2v) is 2.61. The van der Waals surface area contributed by atoms with Crippen LogP contribution in [0.15, 0.2) is 0 Å². The zero-order valence-electron chi connectivity index (χ0n) is 6.58. The van der Waals surface area contributed by atoms with Crippen LogP contribution in [-0.2, 0) is 14.3 Å². The van der Waals surface area contributed by atoms with E-state index in [9.17, 15) is 9.59 Å². The van der Waals surface area contributed by atoms with Crippen molar-refractivity contribution in [2.24, 2.45) is 0 Å². The quantitative estimate of drug-likeness (QED) is 0.595. The average molecular weight is 173 g/mol. The highest BCUT2D eigenvalue weighted by atomic mass is 16.5. The minimum absolute atomic E-state index is 0.324. The first-order valence-electron chi connectivity index (χ1n) is 3.81. The molecular formula is C7H11NO4. The number of carboxylic acid groups (broad SMARTS) is 1. The normalized spacial score (nSPS) is 22.2. The fraction of sp³-hybridized carbons (Fsp3) is 0.714. The van der Waals surface area contributed by atoms with Gasteiger partial charge in [0.1, 0.15) is 12.6 Å². The summed E-state index contributed by atoms with van der Waals surface area (Å²) in [6.07, 6.45) is 1.11. The molecule has 0 bridgehead atoms. The summed E-state index contributed by atoms with van der Waals surface area (Å²) in [6.45, 7) is 0.254. The molecule has 1 fully saturated rings. The highest BCUT2D eigenvalue weighted by molar-refractivity contribution is 5.84. The minimum atomic E-state index is -1.04. The summed E-state index contributed by atoms with van der Waals surface area (Å²) in [5, 5.41) is 10.5. The number of hydrogen-bond acceptors (Lipinski definition) is 3. The summed E-state index contributed by atoms with van der Waals surface area (Å²) in [5.41, 5.74) is 0. The molecule has 2 N–H and O–H groups in total. The van der Waals surface area contributed by atoms with Gasteiger partial charge in [0.2, 0.25) is 5.91 Å². The van der Waals surface area contributed by atoms with Crippen LogP contribution in [0.3, 0.4) is 0 Å². The van der Waals surface area contributed by atoms with Gasteiger partial charge in [0, 0.05) is 6.61 Å². The fourth-order valence-corrected chi connectivity index (χ4v) is 1.06. The molecule has 0 aromatic heterocycles. The zero-order valence-corrected chi connectivity index (χ0v) is 6.58. The van der Waals surface area contributed by atoms with Crippen LogP contribution in [0.2, 0.25) is 0 Å². The Morgan fingerprint density at radius 1 is 1.58 bits per heavy atom. The van der Waals surface area contributed by atoms with Gasteiger partial charge in [-0.3, -0.25) is 9.59 Å². The minimum Gasteiger partial charge on any atom is -0.480 e.